The van der Waals surface area contributed by atoms with Crippen LogP contribution in [0.2, 0.25) is 0 Å². The van der Waals surface area contributed by atoms with Gasteiger partial charge in [-0.15, -0.1) is 0 Å². The molecule has 33 heavy (non-hydrogen) atoms. The predicted octanol–water partition coefficient (Wildman–Crippen LogP) is 4.91. The molecule has 7 nitrogen and oxygen atoms in total. The number of hydrogen-bond donors (Lipinski definition) is 1. The number of methoxy groups -OCH3 is 3. The Morgan fingerprint density at radius 1 is 1.03 bits per heavy atom. The number of aromatic nitrogens is 2. The second kappa shape index (κ2) is 9.62. The zero-order chi connectivity index (χ0) is 23.5. The van der Waals surface area contributed by atoms with Gasteiger partial charge in [0.1, 0.15) is 5.82 Å². The van der Waals surface area contributed by atoms with Crippen molar-refractivity contribution in [1.29, 1.82) is 0 Å². The molecule has 0 unspecified atom stereocenters. The van der Waals surface area contributed by atoms with Gasteiger partial charge in [-0.1, -0.05) is 6.07 Å². The number of fused-ring (bicyclic) bond motifs is 1. The smallest absolute Gasteiger partial charge is 0.249 e. The molecule has 0 fully saturated rings. The van der Waals surface area contributed by atoms with E-state index in [1.54, 1.807) is 51.3 Å². The standard InChI is InChI=1S/C25H27N3O4S/c1-15-6-8-18(10-16(15)2)28-25(19-13-33-14-20(19)27-28)26-23(29)9-7-17-11-21(30-3)24(32-5)22(12-17)31-4/h6-12H,13-14H2,1-5H3,(H,26,29)/b9-7-. The third kappa shape index (κ3) is 4.57. The van der Waals surface area contributed by atoms with E-state index in [1.165, 1.54) is 17.2 Å². The van der Waals surface area contributed by atoms with Gasteiger partial charge < -0.3 is 19.5 Å². The van der Waals surface area contributed by atoms with E-state index in [4.69, 9.17) is 19.3 Å². The van der Waals surface area contributed by atoms with Crippen LogP contribution >= 0.6 is 11.8 Å². The molecule has 8 heteroatoms. The molecule has 172 valence electrons. The van der Waals surface area contributed by atoms with Gasteiger partial charge in [-0.25, -0.2) is 4.68 Å². The number of ether oxygens (including phenoxy) is 3. The maximum absolute atomic E-state index is 12.9. The Kier molecular flexibility index (Phi) is 6.65. The van der Waals surface area contributed by atoms with Gasteiger partial charge in [0.2, 0.25) is 11.7 Å². The molecule has 1 aromatic heterocycles. The van der Waals surface area contributed by atoms with E-state index in [1.807, 2.05) is 10.7 Å². The molecule has 1 aliphatic rings. The lowest BCUT2D eigenvalue weighted by Gasteiger charge is -2.13. The first-order valence-electron chi connectivity index (χ1n) is 10.5. The Hall–Kier alpha value is -3.39. The lowest BCUT2D eigenvalue weighted by Crippen LogP contribution is -2.13. The van der Waals surface area contributed by atoms with Crippen LogP contribution in [0.3, 0.4) is 0 Å². The number of carbonyl (C=O) groups is 1. The number of anilines is 1. The van der Waals surface area contributed by atoms with Crippen molar-refractivity contribution in [3.05, 3.63) is 64.4 Å². The van der Waals surface area contributed by atoms with E-state index in [2.05, 4.69) is 31.3 Å². The number of thioether (sulfide) groups is 1. The topological polar surface area (TPSA) is 74.6 Å². The Balaban J connectivity index is 1.62. The SMILES string of the molecule is COc1cc(/C=C\C(=O)Nc2c3c(nn2-c2ccc(C)c(C)c2)CSC3)cc(OC)c1OC. The minimum atomic E-state index is -0.242. The molecule has 1 aliphatic heterocycles. The highest BCUT2D eigenvalue weighted by atomic mass is 32.2. The van der Waals surface area contributed by atoms with E-state index < -0.39 is 0 Å². The number of rotatable bonds is 7. The molecule has 3 aromatic rings. The molecule has 0 radical (unpaired) electrons. The minimum absolute atomic E-state index is 0.242. The molecule has 0 saturated carbocycles. The first kappa shape index (κ1) is 22.8. The van der Waals surface area contributed by atoms with Crippen LogP contribution in [0, 0.1) is 13.8 Å². The minimum Gasteiger partial charge on any atom is -0.493 e. The molecule has 2 aromatic carbocycles. The molecule has 2 heterocycles. The summed E-state index contributed by atoms with van der Waals surface area (Å²) in [6.07, 6.45) is 3.21. The van der Waals surface area contributed by atoms with Crippen LogP contribution in [0.5, 0.6) is 17.2 Å². The van der Waals surface area contributed by atoms with Crippen molar-refractivity contribution in [2.24, 2.45) is 0 Å². The van der Waals surface area contributed by atoms with Crippen LogP contribution in [0.1, 0.15) is 27.9 Å². The van der Waals surface area contributed by atoms with E-state index in [0.717, 1.165) is 39.8 Å². The first-order chi connectivity index (χ1) is 15.9. The van der Waals surface area contributed by atoms with E-state index in [-0.39, 0.29) is 5.91 Å². The van der Waals surface area contributed by atoms with Crippen molar-refractivity contribution in [3.63, 3.8) is 0 Å². The molecule has 0 atom stereocenters. The second-order valence-electron chi connectivity index (χ2n) is 7.73. The molecule has 0 spiro atoms. The van der Waals surface area contributed by atoms with Gasteiger partial charge in [-0.05, 0) is 60.9 Å². The van der Waals surface area contributed by atoms with Gasteiger partial charge in [0.15, 0.2) is 11.5 Å². The van der Waals surface area contributed by atoms with Crippen molar-refractivity contribution in [2.45, 2.75) is 25.4 Å². The van der Waals surface area contributed by atoms with Gasteiger partial charge in [0.25, 0.3) is 0 Å². The van der Waals surface area contributed by atoms with Crippen molar-refractivity contribution in [3.8, 4) is 22.9 Å². The average Bonchev–Trinajstić information content (AvgIpc) is 3.41. The summed E-state index contributed by atoms with van der Waals surface area (Å²) in [6, 6.07) is 9.77. The predicted molar refractivity (Wildman–Crippen MR) is 132 cm³/mol. The fourth-order valence-electron chi connectivity index (χ4n) is 3.71. The summed E-state index contributed by atoms with van der Waals surface area (Å²) >= 11 is 1.80. The quantitative estimate of drug-likeness (QED) is 0.500. The fraction of sp³-hybridized carbons (Fsp3) is 0.280. The monoisotopic (exact) mass is 465 g/mol. The molecular weight excluding hydrogens is 438 g/mol. The zero-order valence-corrected chi connectivity index (χ0v) is 20.2. The van der Waals surface area contributed by atoms with Crippen LogP contribution in [0.4, 0.5) is 5.82 Å². The third-order valence-electron chi connectivity index (χ3n) is 5.64. The maximum atomic E-state index is 12.9. The number of aryl methyl sites for hydroxylation is 2. The zero-order valence-electron chi connectivity index (χ0n) is 19.4. The van der Waals surface area contributed by atoms with Crippen molar-refractivity contribution >= 4 is 29.6 Å². The van der Waals surface area contributed by atoms with Crippen LogP contribution in [-0.2, 0) is 16.3 Å². The van der Waals surface area contributed by atoms with Crippen molar-refractivity contribution in [1.82, 2.24) is 9.78 Å². The highest BCUT2D eigenvalue weighted by Gasteiger charge is 2.24. The van der Waals surface area contributed by atoms with Crippen molar-refractivity contribution in [2.75, 3.05) is 26.6 Å². The number of carbonyl (C=O) groups excluding carboxylic acids is 1. The first-order valence-corrected chi connectivity index (χ1v) is 11.7. The Bertz CT molecular complexity index is 1210. The lowest BCUT2D eigenvalue weighted by molar-refractivity contribution is -0.111. The van der Waals surface area contributed by atoms with E-state index >= 15 is 0 Å². The summed E-state index contributed by atoms with van der Waals surface area (Å²) in [6.45, 7) is 4.15. The van der Waals surface area contributed by atoms with Crippen LogP contribution in [0.25, 0.3) is 11.8 Å². The van der Waals surface area contributed by atoms with Gasteiger partial charge in [-0.3, -0.25) is 4.79 Å². The van der Waals surface area contributed by atoms with Gasteiger partial charge in [0, 0.05) is 23.1 Å². The van der Waals surface area contributed by atoms with Gasteiger partial charge >= 0.3 is 0 Å². The highest BCUT2D eigenvalue weighted by molar-refractivity contribution is 7.98. The highest BCUT2D eigenvalue weighted by Crippen LogP contribution is 2.39. The molecule has 0 aliphatic carbocycles. The second-order valence-corrected chi connectivity index (χ2v) is 8.71. The molecule has 1 N–H and O–H groups in total. The van der Waals surface area contributed by atoms with Crippen LogP contribution < -0.4 is 19.5 Å². The summed E-state index contributed by atoms with van der Waals surface area (Å²) in [5, 5.41) is 7.83. The largest absolute Gasteiger partial charge is 0.493 e. The maximum Gasteiger partial charge on any atom is 0.249 e. The summed E-state index contributed by atoms with van der Waals surface area (Å²) < 4.78 is 18.0. The summed E-state index contributed by atoms with van der Waals surface area (Å²) in [5.41, 5.74) is 6.17. The number of amides is 1. The summed E-state index contributed by atoms with van der Waals surface area (Å²) in [5.74, 6) is 3.71. The Morgan fingerprint density at radius 3 is 2.39 bits per heavy atom. The molecule has 1 amide bonds. The fourth-order valence-corrected chi connectivity index (χ4v) is 4.75. The van der Waals surface area contributed by atoms with E-state index in [9.17, 15) is 4.79 Å². The Morgan fingerprint density at radius 2 is 1.76 bits per heavy atom. The molecule has 0 bridgehead atoms. The number of benzene rings is 2. The lowest BCUT2D eigenvalue weighted by atomic mass is 10.1. The third-order valence-corrected chi connectivity index (χ3v) is 6.61. The normalized spacial score (nSPS) is 12.6. The van der Waals surface area contributed by atoms with Gasteiger partial charge in [0.05, 0.1) is 32.7 Å². The summed E-state index contributed by atoms with van der Waals surface area (Å²) in [7, 11) is 4.67. The average molecular weight is 466 g/mol. The van der Waals surface area contributed by atoms with Gasteiger partial charge in [-0.2, -0.15) is 16.9 Å². The van der Waals surface area contributed by atoms with Crippen LogP contribution in [-0.4, -0.2) is 37.0 Å². The van der Waals surface area contributed by atoms with Crippen molar-refractivity contribution < 1.29 is 19.0 Å². The Labute approximate surface area is 197 Å². The molecular formula is C25H27N3O4S. The molecule has 0 saturated heterocycles. The number of nitrogens with one attached hydrogen (secondary N) is 1. The van der Waals surface area contributed by atoms with Crippen LogP contribution in [0.15, 0.2) is 36.4 Å². The number of nitrogens with zero attached hydrogens (tertiary/aromatic N) is 2. The summed E-state index contributed by atoms with van der Waals surface area (Å²) in [4.78, 5) is 12.9. The number of hydrogen-bond acceptors (Lipinski definition) is 6. The molecule has 4 rings (SSSR count). The van der Waals surface area contributed by atoms with E-state index in [0.29, 0.717) is 17.2 Å².